The highest BCUT2D eigenvalue weighted by Crippen LogP contribution is 2.31. The van der Waals surface area contributed by atoms with E-state index in [1.807, 2.05) is 24.3 Å². The van der Waals surface area contributed by atoms with Crippen molar-refractivity contribution in [3.63, 3.8) is 0 Å². The Morgan fingerprint density at radius 3 is 1.27 bits per heavy atom. The molecule has 22 heavy (non-hydrogen) atoms. The first kappa shape index (κ1) is 19.0. The van der Waals surface area contributed by atoms with E-state index in [0.717, 1.165) is 11.1 Å². The van der Waals surface area contributed by atoms with Gasteiger partial charge >= 0.3 is 0 Å². The van der Waals surface area contributed by atoms with E-state index in [-0.39, 0.29) is 26.4 Å². The summed E-state index contributed by atoms with van der Waals surface area (Å²) in [5.41, 5.74) is 12.6. The number of aliphatic hydroxyl groups excluding tert-OH is 4. The highest BCUT2D eigenvalue weighted by Gasteiger charge is 2.30. The molecule has 0 heterocycles. The Labute approximate surface area is 131 Å². The molecule has 1 aromatic carbocycles. The first-order chi connectivity index (χ1) is 10.5. The molecule has 0 unspecified atom stereocenters. The van der Waals surface area contributed by atoms with Crippen LogP contribution in [0.1, 0.15) is 36.8 Å². The third kappa shape index (κ3) is 4.49. The number of benzene rings is 1. The van der Waals surface area contributed by atoms with E-state index in [1.54, 1.807) is 0 Å². The fraction of sp³-hybridized carbons (Fsp3) is 0.625. The van der Waals surface area contributed by atoms with Gasteiger partial charge in [0.05, 0.1) is 0 Å². The molecule has 0 atom stereocenters. The molecule has 0 amide bonds. The van der Waals surface area contributed by atoms with Crippen molar-refractivity contribution in [2.24, 2.45) is 11.5 Å². The number of hydrogen-bond acceptors (Lipinski definition) is 6. The molecular weight excluding hydrogens is 284 g/mol. The Kier molecular flexibility index (Phi) is 7.41. The maximum Gasteiger partial charge on any atom is 0.0453 e. The van der Waals surface area contributed by atoms with Crippen molar-refractivity contribution in [3.8, 4) is 0 Å². The summed E-state index contributed by atoms with van der Waals surface area (Å²) < 4.78 is 0. The topological polar surface area (TPSA) is 133 Å². The molecule has 0 bridgehead atoms. The van der Waals surface area contributed by atoms with Crippen LogP contribution in [0.2, 0.25) is 0 Å². The van der Waals surface area contributed by atoms with Gasteiger partial charge in [0.15, 0.2) is 0 Å². The average Bonchev–Trinajstić information content (AvgIpc) is 2.48. The van der Waals surface area contributed by atoms with Gasteiger partial charge in [0.25, 0.3) is 0 Å². The van der Waals surface area contributed by atoms with Gasteiger partial charge in [0, 0.05) is 37.5 Å². The predicted octanol–water partition coefficient (Wildman–Crippen LogP) is -0.476. The Morgan fingerprint density at radius 1 is 0.682 bits per heavy atom. The normalized spacial score (nSPS) is 12.6. The molecule has 0 spiro atoms. The predicted molar refractivity (Wildman–Crippen MR) is 85.0 cm³/mol. The van der Waals surface area contributed by atoms with Gasteiger partial charge in [-0.25, -0.2) is 0 Å². The molecule has 0 aliphatic heterocycles. The first-order valence-electron chi connectivity index (χ1n) is 7.58. The molecule has 0 aromatic heterocycles. The SMILES string of the molecule is NC(CCO)(CCO)c1cccc(C(N)(CCO)CCO)c1. The zero-order valence-electron chi connectivity index (χ0n) is 12.9. The van der Waals surface area contributed by atoms with Gasteiger partial charge < -0.3 is 31.9 Å². The molecule has 0 radical (unpaired) electrons. The minimum absolute atomic E-state index is 0.0816. The summed E-state index contributed by atoms with van der Waals surface area (Å²) in [6, 6.07) is 7.34. The molecule has 0 fully saturated rings. The smallest absolute Gasteiger partial charge is 0.0453 e. The number of hydrogen-bond donors (Lipinski definition) is 6. The summed E-state index contributed by atoms with van der Waals surface area (Å²) in [6.07, 6.45) is 1.31. The summed E-state index contributed by atoms with van der Waals surface area (Å²) in [5, 5.41) is 36.9. The lowest BCUT2D eigenvalue weighted by atomic mass is 9.79. The van der Waals surface area contributed by atoms with E-state index in [2.05, 4.69) is 0 Å². The second-order valence-electron chi connectivity index (χ2n) is 5.79. The third-order valence-corrected chi connectivity index (χ3v) is 4.24. The van der Waals surface area contributed by atoms with E-state index >= 15 is 0 Å². The van der Waals surface area contributed by atoms with E-state index in [4.69, 9.17) is 11.5 Å². The molecular formula is C16H28N2O4. The van der Waals surface area contributed by atoms with Crippen LogP contribution in [0.5, 0.6) is 0 Å². The van der Waals surface area contributed by atoms with Crippen molar-refractivity contribution in [1.82, 2.24) is 0 Å². The largest absolute Gasteiger partial charge is 0.396 e. The van der Waals surface area contributed by atoms with Gasteiger partial charge in [-0.1, -0.05) is 24.3 Å². The zero-order valence-corrected chi connectivity index (χ0v) is 12.9. The standard InChI is InChI=1S/C16H28N2O4/c17-15(4-8-19,5-9-20)13-2-1-3-14(12-13)16(18,6-10-21)7-11-22/h1-3,12,19-22H,4-11,17-18H2. The van der Waals surface area contributed by atoms with Crippen LogP contribution in [0.25, 0.3) is 0 Å². The molecule has 8 N–H and O–H groups in total. The molecule has 1 rings (SSSR count). The summed E-state index contributed by atoms with van der Waals surface area (Å²) in [4.78, 5) is 0. The molecule has 0 saturated heterocycles. The summed E-state index contributed by atoms with van der Waals surface area (Å²) >= 11 is 0. The van der Waals surface area contributed by atoms with Crippen LogP contribution >= 0.6 is 0 Å². The Hall–Kier alpha value is -1.02. The average molecular weight is 312 g/mol. The second-order valence-corrected chi connectivity index (χ2v) is 5.79. The van der Waals surface area contributed by atoms with Gasteiger partial charge in [0.1, 0.15) is 0 Å². The van der Waals surface area contributed by atoms with Crippen molar-refractivity contribution in [2.45, 2.75) is 36.8 Å². The highest BCUT2D eigenvalue weighted by atomic mass is 16.3. The van der Waals surface area contributed by atoms with Gasteiger partial charge in [-0.2, -0.15) is 0 Å². The minimum Gasteiger partial charge on any atom is -0.396 e. The zero-order chi connectivity index (χ0) is 16.6. The fourth-order valence-corrected chi connectivity index (χ4v) is 2.76. The third-order valence-electron chi connectivity index (χ3n) is 4.24. The van der Waals surface area contributed by atoms with Crippen molar-refractivity contribution in [1.29, 1.82) is 0 Å². The Bertz CT molecular complexity index is 404. The molecule has 126 valence electrons. The van der Waals surface area contributed by atoms with Crippen LogP contribution in [-0.4, -0.2) is 46.9 Å². The highest BCUT2D eigenvalue weighted by molar-refractivity contribution is 5.33. The van der Waals surface area contributed by atoms with Crippen LogP contribution in [0.3, 0.4) is 0 Å². The van der Waals surface area contributed by atoms with Gasteiger partial charge in [-0.05, 0) is 36.8 Å². The van der Waals surface area contributed by atoms with Crippen molar-refractivity contribution in [3.05, 3.63) is 35.4 Å². The Morgan fingerprint density at radius 2 is 1.00 bits per heavy atom. The summed E-state index contributed by atoms with van der Waals surface area (Å²) in [5.74, 6) is 0. The van der Waals surface area contributed by atoms with E-state index in [9.17, 15) is 20.4 Å². The first-order valence-corrected chi connectivity index (χ1v) is 7.58. The molecule has 6 heteroatoms. The second kappa shape index (κ2) is 8.57. The maximum absolute atomic E-state index is 9.24. The fourth-order valence-electron chi connectivity index (χ4n) is 2.76. The number of nitrogens with two attached hydrogens (primary N) is 2. The summed E-state index contributed by atoms with van der Waals surface area (Å²) in [7, 11) is 0. The monoisotopic (exact) mass is 312 g/mol. The lowest BCUT2D eigenvalue weighted by Gasteiger charge is -2.33. The summed E-state index contributed by atoms with van der Waals surface area (Å²) in [6.45, 7) is -0.326. The minimum atomic E-state index is -0.834. The molecule has 0 aliphatic carbocycles. The lowest BCUT2D eigenvalue weighted by Crippen LogP contribution is -2.41. The van der Waals surface area contributed by atoms with Crippen LogP contribution < -0.4 is 11.5 Å². The lowest BCUT2D eigenvalue weighted by molar-refractivity contribution is 0.190. The van der Waals surface area contributed by atoms with Gasteiger partial charge in [0.2, 0.25) is 0 Å². The van der Waals surface area contributed by atoms with Crippen LogP contribution in [0, 0.1) is 0 Å². The van der Waals surface area contributed by atoms with Crippen molar-refractivity contribution in [2.75, 3.05) is 26.4 Å². The molecule has 1 aromatic rings. The number of rotatable bonds is 10. The van der Waals surface area contributed by atoms with E-state index in [0.29, 0.717) is 25.7 Å². The maximum atomic E-state index is 9.24. The van der Waals surface area contributed by atoms with Crippen LogP contribution in [0.15, 0.2) is 24.3 Å². The molecule has 6 nitrogen and oxygen atoms in total. The van der Waals surface area contributed by atoms with E-state index in [1.165, 1.54) is 0 Å². The number of aliphatic hydroxyl groups is 4. The van der Waals surface area contributed by atoms with Crippen molar-refractivity contribution >= 4 is 0 Å². The molecule has 0 aliphatic rings. The van der Waals surface area contributed by atoms with Gasteiger partial charge in [-0.3, -0.25) is 0 Å². The van der Waals surface area contributed by atoms with E-state index < -0.39 is 11.1 Å². The van der Waals surface area contributed by atoms with Gasteiger partial charge in [-0.15, -0.1) is 0 Å². The quantitative estimate of drug-likeness (QED) is 0.346. The van der Waals surface area contributed by atoms with Crippen LogP contribution in [0.4, 0.5) is 0 Å². The molecule has 0 saturated carbocycles. The van der Waals surface area contributed by atoms with Crippen LogP contribution in [-0.2, 0) is 11.1 Å². The Balaban J connectivity index is 3.20. The van der Waals surface area contributed by atoms with Crippen molar-refractivity contribution < 1.29 is 20.4 Å².